The minimum atomic E-state index is -3.52. The third-order valence-corrected chi connectivity index (χ3v) is 6.24. The molecule has 0 atom stereocenters. The van der Waals surface area contributed by atoms with Crippen LogP contribution >= 0.6 is 0 Å². The van der Waals surface area contributed by atoms with Crippen LogP contribution in [0.5, 0.6) is 0 Å². The minimum Gasteiger partial charge on any atom is -0.324 e. The number of hydrogen-bond donors (Lipinski definition) is 3. The topological polar surface area (TPSA) is 105 Å². The highest BCUT2D eigenvalue weighted by Crippen LogP contribution is 2.29. The molecule has 0 unspecified atom stereocenters. The molecule has 0 bridgehead atoms. The highest BCUT2D eigenvalue weighted by atomic mass is 32.2. The fourth-order valence-corrected chi connectivity index (χ4v) is 4.34. The van der Waals surface area contributed by atoms with E-state index < -0.39 is 15.6 Å². The van der Waals surface area contributed by atoms with Gasteiger partial charge in [0.05, 0.1) is 4.90 Å². The number of nitrogens with one attached hydrogen (secondary N) is 3. The third kappa shape index (κ3) is 4.20. The number of carbonyl (C=O) groups excluding carboxylic acids is 1. The molecule has 1 fully saturated rings. The summed E-state index contributed by atoms with van der Waals surface area (Å²) in [5.41, 5.74) is -0.193. The summed E-state index contributed by atoms with van der Waals surface area (Å²) >= 11 is 0. The molecule has 0 radical (unpaired) electrons. The Labute approximate surface area is 159 Å². The number of carbonyl (C=O) groups is 1. The lowest BCUT2D eigenvalue weighted by Gasteiger charge is -2.36. The van der Waals surface area contributed by atoms with Gasteiger partial charge in [0.15, 0.2) is 0 Å². The smallest absolute Gasteiger partial charge is 0.252 e. The summed E-state index contributed by atoms with van der Waals surface area (Å²) < 4.78 is 28.6. The molecule has 2 aromatic rings. The molecule has 1 aliphatic rings. The van der Waals surface area contributed by atoms with Crippen molar-refractivity contribution in [2.45, 2.75) is 36.6 Å². The van der Waals surface area contributed by atoms with Crippen molar-refractivity contribution < 1.29 is 13.2 Å². The lowest BCUT2D eigenvalue weighted by Crippen LogP contribution is -2.52. The number of amides is 1. The average molecular weight is 391 g/mol. The van der Waals surface area contributed by atoms with Gasteiger partial charge in [0.25, 0.3) is 5.91 Å². The molecule has 0 saturated carbocycles. The first-order valence-corrected chi connectivity index (χ1v) is 10.6. The quantitative estimate of drug-likeness (QED) is 0.660. The van der Waals surface area contributed by atoms with Gasteiger partial charge in [-0.05, 0) is 62.7 Å². The van der Waals surface area contributed by atoms with Crippen LogP contribution in [0.25, 0.3) is 0 Å². The summed E-state index contributed by atoms with van der Waals surface area (Å²) in [6.45, 7) is 3.75. The molecular weight excluding hydrogens is 366 g/mol. The van der Waals surface area contributed by atoms with Gasteiger partial charge in [-0.25, -0.2) is 13.1 Å². The monoisotopic (exact) mass is 391 g/mol. The molecule has 27 heavy (non-hydrogen) atoms. The first-order valence-electron chi connectivity index (χ1n) is 9.10. The van der Waals surface area contributed by atoms with Gasteiger partial charge >= 0.3 is 0 Å². The second kappa shape index (κ2) is 8.20. The van der Waals surface area contributed by atoms with Crippen molar-refractivity contribution in [3.8, 4) is 0 Å². The van der Waals surface area contributed by atoms with Crippen LogP contribution in [-0.2, 0) is 20.4 Å². The molecule has 1 amide bonds. The molecular formula is C18H25N5O3S. The van der Waals surface area contributed by atoms with E-state index in [4.69, 9.17) is 0 Å². The maximum absolute atomic E-state index is 13.1. The lowest BCUT2D eigenvalue weighted by atomic mass is 9.87. The van der Waals surface area contributed by atoms with Crippen molar-refractivity contribution in [2.75, 3.05) is 25.0 Å². The van der Waals surface area contributed by atoms with Crippen LogP contribution in [0.4, 0.5) is 5.69 Å². The van der Waals surface area contributed by atoms with Crippen molar-refractivity contribution in [3.63, 3.8) is 0 Å². The lowest BCUT2D eigenvalue weighted by molar-refractivity contribution is -0.126. The summed E-state index contributed by atoms with van der Waals surface area (Å²) in [5, 5.41) is 10.5. The summed E-state index contributed by atoms with van der Waals surface area (Å²) in [6.07, 6.45) is 5.46. The molecule has 1 saturated heterocycles. The number of anilines is 1. The van der Waals surface area contributed by atoms with Gasteiger partial charge in [-0.2, -0.15) is 5.10 Å². The number of sulfonamides is 1. The highest BCUT2D eigenvalue weighted by molar-refractivity contribution is 7.89. The van der Waals surface area contributed by atoms with Gasteiger partial charge in [0, 0.05) is 24.6 Å². The molecule has 8 nitrogen and oxygen atoms in total. The number of piperidine rings is 1. The van der Waals surface area contributed by atoms with Crippen LogP contribution in [0.2, 0.25) is 0 Å². The molecule has 2 heterocycles. The van der Waals surface area contributed by atoms with Crippen molar-refractivity contribution >= 4 is 21.6 Å². The largest absolute Gasteiger partial charge is 0.324 e. The SMILES string of the molecule is CCCNS(=O)(=O)c1ccc(NC(=O)C2(n3cccn3)CCNCC2)cc1. The molecule has 1 aromatic heterocycles. The van der Waals surface area contributed by atoms with Crippen molar-refractivity contribution in [1.29, 1.82) is 0 Å². The normalized spacial score (nSPS) is 16.8. The molecule has 146 valence electrons. The number of nitrogens with zero attached hydrogens (tertiary/aromatic N) is 2. The van der Waals surface area contributed by atoms with E-state index in [1.807, 2.05) is 6.92 Å². The molecule has 9 heteroatoms. The predicted octanol–water partition coefficient (Wildman–Crippen LogP) is 1.29. The van der Waals surface area contributed by atoms with Crippen LogP contribution in [-0.4, -0.2) is 43.7 Å². The molecule has 0 aliphatic carbocycles. The van der Waals surface area contributed by atoms with Gasteiger partial charge in [-0.15, -0.1) is 0 Å². The molecule has 1 aromatic carbocycles. The van der Waals surface area contributed by atoms with E-state index in [9.17, 15) is 13.2 Å². The fraction of sp³-hybridized carbons (Fsp3) is 0.444. The van der Waals surface area contributed by atoms with Crippen LogP contribution in [0.3, 0.4) is 0 Å². The summed E-state index contributed by atoms with van der Waals surface area (Å²) in [6, 6.07) is 8.01. The number of rotatable bonds is 7. The standard InChI is InChI=1S/C18H25N5O3S/c1-2-10-21-27(25,26)16-6-4-15(5-7-16)22-17(24)18(8-12-19-13-9-18)23-14-3-11-20-23/h3-7,11,14,19,21H,2,8-10,12-13H2,1H3,(H,22,24). The van der Waals surface area contributed by atoms with E-state index >= 15 is 0 Å². The van der Waals surface area contributed by atoms with Crippen LogP contribution in [0.15, 0.2) is 47.6 Å². The highest BCUT2D eigenvalue weighted by Gasteiger charge is 2.42. The second-order valence-corrected chi connectivity index (χ2v) is 8.38. The van der Waals surface area contributed by atoms with E-state index in [1.165, 1.54) is 12.1 Å². The zero-order chi connectivity index (χ0) is 19.3. The Morgan fingerprint density at radius 1 is 1.26 bits per heavy atom. The van der Waals surface area contributed by atoms with E-state index in [0.717, 1.165) is 19.5 Å². The van der Waals surface area contributed by atoms with E-state index in [2.05, 4.69) is 20.5 Å². The molecule has 0 spiro atoms. The number of hydrogen-bond acceptors (Lipinski definition) is 5. The maximum Gasteiger partial charge on any atom is 0.252 e. The van der Waals surface area contributed by atoms with Gasteiger partial charge < -0.3 is 10.6 Å². The Morgan fingerprint density at radius 3 is 2.56 bits per heavy atom. The van der Waals surface area contributed by atoms with E-state index in [0.29, 0.717) is 25.1 Å². The summed E-state index contributed by atoms with van der Waals surface area (Å²) in [4.78, 5) is 13.3. The van der Waals surface area contributed by atoms with Crippen molar-refractivity contribution in [1.82, 2.24) is 19.8 Å². The Balaban J connectivity index is 1.77. The van der Waals surface area contributed by atoms with Crippen molar-refractivity contribution in [2.24, 2.45) is 0 Å². The first-order chi connectivity index (χ1) is 13.0. The van der Waals surface area contributed by atoms with E-state index in [1.54, 1.807) is 35.3 Å². The molecule has 3 N–H and O–H groups in total. The van der Waals surface area contributed by atoms with Gasteiger partial charge in [-0.1, -0.05) is 6.92 Å². The first kappa shape index (κ1) is 19.5. The minimum absolute atomic E-state index is 0.146. The summed E-state index contributed by atoms with van der Waals surface area (Å²) in [5.74, 6) is -0.146. The Bertz CT molecular complexity index is 857. The molecule has 3 rings (SSSR count). The average Bonchev–Trinajstić information content (AvgIpc) is 3.23. The Morgan fingerprint density at radius 2 is 1.96 bits per heavy atom. The zero-order valence-corrected chi connectivity index (χ0v) is 16.1. The van der Waals surface area contributed by atoms with Crippen LogP contribution in [0, 0.1) is 0 Å². The fourth-order valence-electron chi connectivity index (χ4n) is 3.21. The second-order valence-electron chi connectivity index (χ2n) is 6.61. The Hall–Kier alpha value is -2.23. The third-order valence-electron chi connectivity index (χ3n) is 4.76. The van der Waals surface area contributed by atoms with Crippen LogP contribution in [0.1, 0.15) is 26.2 Å². The zero-order valence-electron chi connectivity index (χ0n) is 15.3. The van der Waals surface area contributed by atoms with Crippen LogP contribution < -0.4 is 15.4 Å². The summed E-state index contributed by atoms with van der Waals surface area (Å²) in [7, 11) is -3.52. The number of aromatic nitrogens is 2. The van der Waals surface area contributed by atoms with Gasteiger partial charge in [0.1, 0.15) is 5.54 Å². The van der Waals surface area contributed by atoms with E-state index in [-0.39, 0.29) is 10.8 Å². The maximum atomic E-state index is 13.1. The Kier molecular flexibility index (Phi) is 5.93. The van der Waals surface area contributed by atoms with Gasteiger partial charge in [0.2, 0.25) is 10.0 Å². The van der Waals surface area contributed by atoms with Gasteiger partial charge in [-0.3, -0.25) is 9.48 Å². The number of benzene rings is 1. The molecule has 1 aliphatic heterocycles. The predicted molar refractivity (Wildman–Crippen MR) is 103 cm³/mol. The van der Waals surface area contributed by atoms with Crippen molar-refractivity contribution in [3.05, 3.63) is 42.7 Å².